The van der Waals surface area contributed by atoms with Gasteiger partial charge in [-0.25, -0.2) is 4.39 Å². The van der Waals surface area contributed by atoms with E-state index in [4.69, 9.17) is 16.3 Å². The minimum atomic E-state index is -0.256. The number of hydrogen-bond donors (Lipinski definition) is 0. The third kappa shape index (κ3) is 6.16. The number of methoxy groups -OCH3 is 1. The number of halogens is 2. The molecule has 29 heavy (non-hydrogen) atoms. The molecular weight excluding hydrogens is 393 g/mol. The van der Waals surface area contributed by atoms with Gasteiger partial charge in [-0.05, 0) is 35.9 Å². The van der Waals surface area contributed by atoms with E-state index >= 15 is 0 Å². The molecule has 0 unspecified atom stereocenters. The summed E-state index contributed by atoms with van der Waals surface area (Å²) in [4.78, 5) is 18.7. The highest BCUT2D eigenvalue weighted by atomic mass is 35.5. The fourth-order valence-electron chi connectivity index (χ4n) is 3.48. The Balaban J connectivity index is 1.46. The van der Waals surface area contributed by atoms with Crippen LogP contribution in [0.25, 0.3) is 0 Å². The van der Waals surface area contributed by atoms with Gasteiger partial charge >= 0.3 is 0 Å². The van der Waals surface area contributed by atoms with Gasteiger partial charge in [0.25, 0.3) is 0 Å². The summed E-state index contributed by atoms with van der Waals surface area (Å²) in [6, 6.07) is 12.1. The van der Waals surface area contributed by atoms with Crippen molar-refractivity contribution in [1.29, 1.82) is 0 Å². The normalized spacial score (nSPS) is 15.3. The molecule has 5 nitrogen and oxygen atoms in total. The van der Waals surface area contributed by atoms with Gasteiger partial charge in [0.1, 0.15) is 11.6 Å². The SMILES string of the molecule is COc1ccc(F)cc1CN1CCN(CC(=O)N(C)Cc2ccc(Cl)cc2)CC1. The lowest BCUT2D eigenvalue weighted by Crippen LogP contribution is -2.49. The van der Waals surface area contributed by atoms with Gasteiger partial charge in [0.05, 0.1) is 13.7 Å². The van der Waals surface area contributed by atoms with Crippen LogP contribution in [0.1, 0.15) is 11.1 Å². The van der Waals surface area contributed by atoms with Crippen molar-refractivity contribution in [2.24, 2.45) is 0 Å². The molecular formula is C22H27ClFN3O2. The van der Waals surface area contributed by atoms with Crippen LogP contribution in [0.15, 0.2) is 42.5 Å². The fourth-order valence-corrected chi connectivity index (χ4v) is 3.61. The zero-order valence-electron chi connectivity index (χ0n) is 16.9. The molecule has 2 aromatic rings. The largest absolute Gasteiger partial charge is 0.496 e. The maximum Gasteiger partial charge on any atom is 0.236 e. The Bertz CT molecular complexity index is 823. The molecule has 1 aliphatic rings. The van der Waals surface area contributed by atoms with Crippen molar-refractivity contribution in [2.75, 3.05) is 46.9 Å². The van der Waals surface area contributed by atoms with Crippen molar-refractivity contribution in [3.8, 4) is 5.75 Å². The van der Waals surface area contributed by atoms with E-state index in [-0.39, 0.29) is 11.7 Å². The smallest absolute Gasteiger partial charge is 0.236 e. The summed E-state index contributed by atoms with van der Waals surface area (Å²) < 4.78 is 18.9. The van der Waals surface area contributed by atoms with Crippen LogP contribution in [0, 0.1) is 5.82 Å². The van der Waals surface area contributed by atoms with Crippen LogP contribution in [0.3, 0.4) is 0 Å². The van der Waals surface area contributed by atoms with Crippen LogP contribution in [0.5, 0.6) is 5.75 Å². The van der Waals surface area contributed by atoms with Crippen molar-refractivity contribution in [2.45, 2.75) is 13.1 Å². The minimum absolute atomic E-state index is 0.0974. The van der Waals surface area contributed by atoms with E-state index in [1.54, 1.807) is 18.1 Å². The number of rotatable bonds is 7. The molecule has 1 fully saturated rings. The van der Waals surface area contributed by atoms with Crippen molar-refractivity contribution in [3.05, 3.63) is 64.4 Å². The summed E-state index contributed by atoms with van der Waals surface area (Å²) in [5.74, 6) is 0.543. The molecule has 0 aliphatic carbocycles. The number of benzene rings is 2. The van der Waals surface area contributed by atoms with E-state index in [0.29, 0.717) is 30.4 Å². The average molecular weight is 420 g/mol. The molecule has 3 rings (SSSR count). The number of nitrogens with zero attached hydrogens (tertiary/aromatic N) is 3. The maximum atomic E-state index is 13.6. The first-order chi connectivity index (χ1) is 13.9. The Morgan fingerprint density at radius 2 is 1.76 bits per heavy atom. The number of ether oxygens (including phenoxy) is 1. The van der Waals surface area contributed by atoms with Gasteiger partial charge in [-0.2, -0.15) is 0 Å². The first-order valence-corrected chi connectivity index (χ1v) is 10.1. The first-order valence-electron chi connectivity index (χ1n) is 9.70. The molecule has 0 atom stereocenters. The van der Waals surface area contributed by atoms with E-state index in [1.807, 2.05) is 31.3 Å². The monoisotopic (exact) mass is 419 g/mol. The molecule has 0 aromatic heterocycles. The molecule has 2 aromatic carbocycles. The van der Waals surface area contributed by atoms with Gasteiger partial charge in [-0.15, -0.1) is 0 Å². The Morgan fingerprint density at radius 1 is 1.10 bits per heavy atom. The number of amides is 1. The van der Waals surface area contributed by atoms with E-state index in [1.165, 1.54) is 12.1 Å². The number of carbonyl (C=O) groups is 1. The topological polar surface area (TPSA) is 36.0 Å². The second kappa shape index (κ2) is 10.1. The van der Waals surface area contributed by atoms with Crippen molar-refractivity contribution < 1.29 is 13.9 Å². The summed E-state index contributed by atoms with van der Waals surface area (Å²) in [5, 5.41) is 0.691. The zero-order chi connectivity index (χ0) is 20.8. The number of likely N-dealkylation sites (N-methyl/N-ethyl adjacent to an activating group) is 1. The molecule has 0 saturated carbocycles. The van der Waals surface area contributed by atoms with Crippen LogP contribution in [-0.2, 0) is 17.9 Å². The first kappa shape index (κ1) is 21.6. The Labute approximate surface area is 176 Å². The highest BCUT2D eigenvalue weighted by molar-refractivity contribution is 6.30. The lowest BCUT2D eigenvalue weighted by molar-refractivity contribution is -0.132. The predicted molar refractivity (Wildman–Crippen MR) is 113 cm³/mol. The van der Waals surface area contributed by atoms with Gasteiger partial charge < -0.3 is 9.64 Å². The number of piperazine rings is 1. The van der Waals surface area contributed by atoms with Gasteiger partial charge in [0.2, 0.25) is 5.91 Å². The summed E-state index contributed by atoms with van der Waals surface area (Å²) in [6.07, 6.45) is 0. The molecule has 0 spiro atoms. The molecule has 1 aliphatic heterocycles. The van der Waals surface area contributed by atoms with Crippen LogP contribution in [0.4, 0.5) is 4.39 Å². The highest BCUT2D eigenvalue weighted by Crippen LogP contribution is 2.21. The maximum absolute atomic E-state index is 13.6. The van der Waals surface area contributed by atoms with Crippen LogP contribution in [-0.4, -0.2) is 67.5 Å². The Morgan fingerprint density at radius 3 is 2.41 bits per heavy atom. The van der Waals surface area contributed by atoms with E-state index in [0.717, 1.165) is 37.3 Å². The number of carbonyl (C=O) groups excluding carboxylic acids is 1. The summed E-state index contributed by atoms with van der Waals surface area (Å²) >= 11 is 5.91. The third-order valence-corrected chi connectivity index (χ3v) is 5.47. The quantitative estimate of drug-likeness (QED) is 0.690. The molecule has 7 heteroatoms. The molecule has 0 radical (unpaired) electrons. The van der Waals surface area contributed by atoms with Gasteiger partial charge in [0.15, 0.2) is 0 Å². The fraction of sp³-hybridized carbons (Fsp3) is 0.409. The molecule has 1 amide bonds. The highest BCUT2D eigenvalue weighted by Gasteiger charge is 2.21. The van der Waals surface area contributed by atoms with Crippen molar-refractivity contribution in [3.63, 3.8) is 0 Å². The van der Waals surface area contributed by atoms with Gasteiger partial charge in [-0.1, -0.05) is 23.7 Å². The Kier molecular flexibility index (Phi) is 7.47. The minimum Gasteiger partial charge on any atom is -0.496 e. The van der Waals surface area contributed by atoms with Crippen LogP contribution >= 0.6 is 11.6 Å². The lowest BCUT2D eigenvalue weighted by Gasteiger charge is -2.35. The van der Waals surface area contributed by atoms with Crippen molar-refractivity contribution >= 4 is 17.5 Å². The van der Waals surface area contributed by atoms with Gasteiger partial charge in [-0.3, -0.25) is 14.6 Å². The van der Waals surface area contributed by atoms with Crippen molar-refractivity contribution in [1.82, 2.24) is 14.7 Å². The standard InChI is InChI=1S/C22H27ClFN3O2/c1-25(14-17-3-5-19(23)6-4-17)22(28)16-27-11-9-26(10-12-27)15-18-13-20(24)7-8-21(18)29-2/h3-8,13H,9-12,14-16H2,1-2H3. The summed E-state index contributed by atoms with van der Waals surface area (Å²) in [6.45, 7) is 4.87. The summed E-state index contributed by atoms with van der Waals surface area (Å²) in [7, 11) is 3.42. The molecule has 156 valence electrons. The second-order valence-electron chi connectivity index (χ2n) is 7.38. The van der Waals surface area contributed by atoms with Gasteiger partial charge in [0, 0.05) is 56.9 Å². The molecule has 1 heterocycles. The summed E-state index contributed by atoms with van der Waals surface area (Å²) in [5.41, 5.74) is 1.90. The average Bonchev–Trinajstić information content (AvgIpc) is 2.71. The Hall–Kier alpha value is -2.15. The van der Waals surface area contributed by atoms with Crippen LogP contribution in [0.2, 0.25) is 5.02 Å². The lowest BCUT2D eigenvalue weighted by atomic mass is 10.1. The zero-order valence-corrected chi connectivity index (χ0v) is 17.7. The third-order valence-electron chi connectivity index (χ3n) is 5.22. The second-order valence-corrected chi connectivity index (χ2v) is 7.82. The van der Waals surface area contributed by atoms with E-state index < -0.39 is 0 Å². The van der Waals surface area contributed by atoms with E-state index in [2.05, 4.69) is 9.80 Å². The predicted octanol–water partition coefficient (Wildman–Crippen LogP) is 3.26. The van der Waals surface area contributed by atoms with Crippen LogP contribution < -0.4 is 4.74 Å². The molecule has 0 bridgehead atoms. The van der Waals surface area contributed by atoms with E-state index in [9.17, 15) is 9.18 Å². The molecule has 0 N–H and O–H groups in total. The number of hydrogen-bond acceptors (Lipinski definition) is 4. The molecule has 1 saturated heterocycles.